The van der Waals surface area contributed by atoms with E-state index in [2.05, 4.69) is 62.4 Å². The second-order valence-corrected chi connectivity index (χ2v) is 4.50. The molecule has 0 saturated carbocycles. The highest BCUT2D eigenvalue weighted by Crippen LogP contribution is 2.22. The van der Waals surface area contributed by atoms with Gasteiger partial charge >= 0.3 is 0 Å². The quantitative estimate of drug-likeness (QED) is 0.695. The van der Waals surface area contributed by atoms with Crippen molar-refractivity contribution < 1.29 is 0 Å². The van der Waals surface area contributed by atoms with Gasteiger partial charge in [-0.3, -0.25) is 0 Å². The Bertz CT molecular complexity index is 483. The predicted octanol–water partition coefficient (Wildman–Crippen LogP) is 4.87. The maximum atomic E-state index is 2.32. The van der Waals surface area contributed by atoms with Crippen LogP contribution >= 0.6 is 0 Å². The van der Waals surface area contributed by atoms with Crippen molar-refractivity contribution in [3.63, 3.8) is 0 Å². The van der Waals surface area contributed by atoms with Gasteiger partial charge in [-0.25, -0.2) is 0 Å². The average molecular weight is 224 g/mol. The molecule has 0 heteroatoms. The summed E-state index contributed by atoms with van der Waals surface area (Å²) < 4.78 is 0. The Hall–Kier alpha value is -1.56. The van der Waals surface area contributed by atoms with Crippen LogP contribution in [0.4, 0.5) is 0 Å². The van der Waals surface area contributed by atoms with Crippen LogP contribution < -0.4 is 0 Å². The summed E-state index contributed by atoms with van der Waals surface area (Å²) in [5.41, 5.74) is 5.52. The molecule has 0 bridgehead atoms. The van der Waals surface area contributed by atoms with Crippen molar-refractivity contribution in [3.05, 3.63) is 59.7 Å². The van der Waals surface area contributed by atoms with Crippen molar-refractivity contribution in [2.45, 2.75) is 33.1 Å². The van der Waals surface area contributed by atoms with E-state index < -0.39 is 0 Å². The molecule has 0 atom stereocenters. The Morgan fingerprint density at radius 1 is 0.765 bits per heavy atom. The first-order chi connectivity index (χ1) is 8.33. The van der Waals surface area contributed by atoms with Crippen LogP contribution in [0.5, 0.6) is 0 Å². The summed E-state index contributed by atoms with van der Waals surface area (Å²) >= 11 is 0. The largest absolute Gasteiger partial charge is 0.0651 e. The molecule has 0 aliphatic heterocycles. The third-order valence-electron chi connectivity index (χ3n) is 3.13. The van der Waals surface area contributed by atoms with E-state index in [0.717, 1.165) is 6.42 Å². The average Bonchev–Trinajstić information content (AvgIpc) is 2.40. The van der Waals surface area contributed by atoms with E-state index in [9.17, 15) is 0 Å². The van der Waals surface area contributed by atoms with Crippen LogP contribution in [0.2, 0.25) is 0 Å². The van der Waals surface area contributed by atoms with Crippen LogP contribution in [-0.4, -0.2) is 0 Å². The Kier molecular flexibility index (Phi) is 3.98. The molecule has 0 amide bonds. The van der Waals surface area contributed by atoms with E-state index in [4.69, 9.17) is 0 Å². The van der Waals surface area contributed by atoms with E-state index in [1.807, 2.05) is 0 Å². The molecular formula is C17H20. The minimum absolute atomic E-state index is 1.10. The second-order valence-electron chi connectivity index (χ2n) is 4.50. The van der Waals surface area contributed by atoms with Gasteiger partial charge in [0.15, 0.2) is 0 Å². The molecule has 0 saturated heterocycles. The topological polar surface area (TPSA) is 0 Å². The van der Waals surface area contributed by atoms with Crippen molar-refractivity contribution in [3.8, 4) is 11.1 Å². The fraction of sp³-hybridized carbons (Fsp3) is 0.294. The standard InChI is InChI=1S/C17H20/c1-3-7-15-9-6-11-17(13-15)16-10-5-8-14(4-2)12-16/h5-6,8-13H,3-4,7H2,1-2H3. The van der Waals surface area contributed by atoms with Crippen molar-refractivity contribution in [2.24, 2.45) is 0 Å². The van der Waals surface area contributed by atoms with Crippen molar-refractivity contribution >= 4 is 0 Å². The third-order valence-corrected chi connectivity index (χ3v) is 3.13. The number of hydrogen-bond donors (Lipinski definition) is 0. The lowest BCUT2D eigenvalue weighted by molar-refractivity contribution is 0.922. The van der Waals surface area contributed by atoms with Crippen LogP contribution in [0.15, 0.2) is 48.5 Å². The van der Waals surface area contributed by atoms with E-state index in [1.54, 1.807) is 0 Å². The lowest BCUT2D eigenvalue weighted by atomic mass is 9.99. The van der Waals surface area contributed by atoms with Gasteiger partial charge in [-0.2, -0.15) is 0 Å². The summed E-state index contributed by atoms with van der Waals surface area (Å²) in [7, 11) is 0. The van der Waals surface area contributed by atoms with Gasteiger partial charge in [0, 0.05) is 0 Å². The minimum atomic E-state index is 1.10. The van der Waals surface area contributed by atoms with Crippen molar-refractivity contribution in [2.75, 3.05) is 0 Å². The molecule has 0 radical (unpaired) electrons. The molecule has 2 aromatic carbocycles. The van der Waals surface area contributed by atoms with Gasteiger partial charge in [0.25, 0.3) is 0 Å². The maximum absolute atomic E-state index is 2.32. The van der Waals surface area contributed by atoms with Crippen LogP contribution in [-0.2, 0) is 12.8 Å². The monoisotopic (exact) mass is 224 g/mol. The third kappa shape index (κ3) is 2.97. The minimum Gasteiger partial charge on any atom is -0.0651 e. The van der Waals surface area contributed by atoms with Gasteiger partial charge < -0.3 is 0 Å². The summed E-state index contributed by atoms with van der Waals surface area (Å²) in [6.45, 7) is 4.43. The zero-order valence-electron chi connectivity index (χ0n) is 10.7. The zero-order valence-corrected chi connectivity index (χ0v) is 10.7. The lowest BCUT2D eigenvalue weighted by Gasteiger charge is -2.06. The molecule has 88 valence electrons. The molecule has 0 N–H and O–H groups in total. The Morgan fingerprint density at radius 3 is 1.94 bits per heavy atom. The van der Waals surface area contributed by atoms with Gasteiger partial charge in [-0.05, 0) is 35.1 Å². The first-order valence-electron chi connectivity index (χ1n) is 6.51. The van der Waals surface area contributed by atoms with Gasteiger partial charge in [0.1, 0.15) is 0 Å². The lowest BCUT2D eigenvalue weighted by Crippen LogP contribution is -1.86. The Balaban J connectivity index is 2.34. The Morgan fingerprint density at radius 2 is 1.35 bits per heavy atom. The van der Waals surface area contributed by atoms with E-state index in [1.165, 1.54) is 35.1 Å². The predicted molar refractivity (Wildman–Crippen MR) is 75.3 cm³/mol. The molecule has 17 heavy (non-hydrogen) atoms. The molecule has 0 nitrogen and oxygen atoms in total. The summed E-state index contributed by atoms with van der Waals surface area (Å²) in [6.07, 6.45) is 3.47. The maximum Gasteiger partial charge on any atom is -0.0181 e. The number of hydrogen-bond acceptors (Lipinski definition) is 0. The fourth-order valence-corrected chi connectivity index (χ4v) is 2.17. The van der Waals surface area contributed by atoms with Gasteiger partial charge in [-0.15, -0.1) is 0 Å². The Labute approximate surface area is 104 Å². The molecule has 0 aliphatic carbocycles. The molecular weight excluding hydrogens is 204 g/mol. The highest BCUT2D eigenvalue weighted by Gasteiger charge is 1.99. The van der Waals surface area contributed by atoms with Crippen LogP contribution in [0.3, 0.4) is 0 Å². The molecule has 2 rings (SSSR count). The molecule has 0 spiro atoms. The van der Waals surface area contributed by atoms with E-state index in [-0.39, 0.29) is 0 Å². The van der Waals surface area contributed by atoms with Crippen molar-refractivity contribution in [1.82, 2.24) is 0 Å². The summed E-state index contributed by atoms with van der Waals surface area (Å²) in [6, 6.07) is 17.7. The molecule has 0 aliphatic rings. The number of rotatable bonds is 4. The SMILES string of the molecule is CCCc1cccc(-c2cccc(CC)c2)c1. The second kappa shape index (κ2) is 5.67. The number of aryl methyl sites for hydroxylation is 2. The van der Waals surface area contributed by atoms with E-state index in [0.29, 0.717) is 0 Å². The molecule has 0 aromatic heterocycles. The molecule has 0 fully saturated rings. The summed E-state index contributed by atoms with van der Waals surface area (Å²) in [4.78, 5) is 0. The van der Waals surface area contributed by atoms with Gasteiger partial charge in [-0.1, -0.05) is 68.8 Å². The summed E-state index contributed by atoms with van der Waals surface area (Å²) in [5, 5.41) is 0. The highest BCUT2D eigenvalue weighted by atomic mass is 14.0. The zero-order chi connectivity index (χ0) is 12.1. The normalized spacial score (nSPS) is 10.5. The van der Waals surface area contributed by atoms with E-state index >= 15 is 0 Å². The van der Waals surface area contributed by atoms with Crippen LogP contribution in [0.25, 0.3) is 11.1 Å². The van der Waals surface area contributed by atoms with Crippen LogP contribution in [0, 0.1) is 0 Å². The summed E-state index contributed by atoms with van der Waals surface area (Å²) in [5.74, 6) is 0. The molecule has 0 unspecified atom stereocenters. The first-order valence-corrected chi connectivity index (χ1v) is 6.51. The fourth-order valence-electron chi connectivity index (χ4n) is 2.17. The molecule has 2 aromatic rings. The highest BCUT2D eigenvalue weighted by molar-refractivity contribution is 5.64. The van der Waals surface area contributed by atoms with Gasteiger partial charge in [0.2, 0.25) is 0 Å². The molecule has 0 heterocycles. The number of benzene rings is 2. The first kappa shape index (κ1) is 11.9. The van der Waals surface area contributed by atoms with Gasteiger partial charge in [0.05, 0.1) is 0 Å². The van der Waals surface area contributed by atoms with Crippen molar-refractivity contribution in [1.29, 1.82) is 0 Å². The smallest absolute Gasteiger partial charge is 0.0181 e. The van der Waals surface area contributed by atoms with Crippen LogP contribution in [0.1, 0.15) is 31.4 Å².